The Balaban J connectivity index is 2.86. The quantitative estimate of drug-likeness (QED) is 0.578. The third-order valence-electron chi connectivity index (χ3n) is 3.39. The van der Waals surface area contributed by atoms with E-state index >= 15 is 0 Å². The predicted molar refractivity (Wildman–Crippen MR) is 79.3 cm³/mol. The Morgan fingerprint density at radius 2 is 2.14 bits per heavy atom. The average molecular weight is 297 g/mol. The first-order chi connectivity index (χ1) is 9.98. The van der Waals surface area contributed by atoms with E-state index < -0.39 is 5.41 Å². The molecule has 1 aliphatic rings. The van der Waals surface area contributed by atoms with Crippen molar-refractivity contribution in [2.45, 2.75) is 33.1 Å². The lowest BCUT2D eigenvalue weighted by Gasteiger charge is -2.22. The highest BCUT2D eigenvalue weighted by Gasteiger charge is 2.36. The van der Waals surface area contributed by atoms with Gasteiger partial charge in [0.1, 0.15) is 17.8 Å². The van der Waals surface area contributed by atoms with Gasteiger partial charge < -0.3 is 14.4 Å². The Labute approximate surface area is 126 Å². The highest BCUT2D eigenvalue weighted by molar-refractivity contribution is 5.74. The van der Waals surface area contributed by atoms with Gasteiger partial charge in [-0.15, -0.1) is 0 Å². The van der Waals surface area contributed by atoms with Crippen LogP contribution in [0.2, 0.25) is 0 Å². The summed E-state index contributed by atoms with van der Waals surface area (Å²) in [7, 11) is 3.56. The van der Waals surface area contributed by atoms with Crippen molar-refractivity contribution in [3.63, 3.8) is 0 Å². The van der Waals surface area contributed by atoms with Crippen LogP contribution in [-0.2, 0) is 9.47 Å². The number of amidine groups is 1. The van der Waals surface area contributed by atoms with Gasteiger partial charge in [0.05, 0.1) is 18.4 Å². The third kappa shape index (κ3) is 4.71. The highest BCUT2D eigenvalue weighted by atomic mass is 19.1. The lowest BCUT2D eigenvalue weighted by atomic mass is 9.91. The number of hydrogen-bond acceptors (Lipinski definition) is 4. The summed E-state index contributed by atoms with van der Waals surface area (Å²) in [6.07, 6.45) is 1.44. The second-order valence-electron chi connectivity index (χ2n) is 5.33. The molecule has 0 spiro atoms. The maximum atomic E-state index is 13.7. The summed E-state index contributed by atoms with van der Waals surface area (Å²) in [5.41, 5.74) is -0.245. The SMILES string of the molecule is CC/C(F)=C(CC)/N=C(/OCC1(C#N)CCOC1)N(C)C. The van der Waals surface area contributed by atoms with Gasteiger partial charge in [-0.2, -0.15) is 10.3 Å². The molecule has 6 heteroatoms. The largest absolute Gasteiger partial charge is 0.463 e. The Morgan fingerprint density at radius 3 is 2.57 bits per heavy atom. The maximum absolute atomic E-state index is 13.7. The number of rotatable bonds is 5. The van der Waals surface area contributed by atoms with Crippen LogP contribution in [0.5, 0.6) is 0 Å². The molecule has 0 aliphatic carbocycles. The normalized spacial score (nSPS) is 23.5. The molecule has 0 N–H and O–H groups in total. The molecule has 0 aromatic carbocycles. The summed E-state index contributed by atoms with van der Waals surface area (Å²) >= 11 is 0. The molecule has 0 radical (unpaired) electrons. The number of nitrogens with zero attached hydrogens (tertiary/aromatic N) is 3. The molecule has 0 bridgehead atoms. The molecule has 1 heterocycles. The van der Waals surface area contributed by atoms with E-state index in [9.17, 15) is 9.65 Å². The van der Waals surface area contributed by atoms with Gasteiger partial charge in [-0.3, -0.25) is 0 Å². The maximum Gasteiger partial charge on any atom is 0.291 e. The molecule has 1 atom stereocenters. The zero-order valence-corrected chi connectivity index (χ0v) is 13.3. The fourth-order valence-corrected chi connectivity index (χ4v) is 1.96. The van der Waals surface area contributed by atoms with Gasteiger partial charge in [-0.25, -0.2) is 4.39 Å². The molecule has 1 saturated heterocycles. The minimum absolute atomic E-state index is 0.200. The number of hydrogen-bond donors (Lipinski definition) is 0. The first-order valence-corrected chi connectivity index (χ1v) is 7.23. The van der Waals surface area contributed by atoms with Crippen molar-refractivity contribution in [3.8, 4) is 6.07 Å². The van der Waals surface area contributed by atoms with Crippen LogP contribution in [0, 0.1) is 16.7 Å². The Morgan fingerprint density at radius 1 is 1.43 bits per heavy atom. The van der Waals surface area contributed by atoms with Crippen LogP contribution < -0.4 is 0 Å². The second kappa shape index (κ2) is 7.99. The average Bonchev–Trinajstić information content (AvgIpc) is 2.96. The van der Waals surface area contributed by atoms with Crippen molar-refractivity contribution in [2.24, 2.45) is 10.4 Å². The molecule has 118 valence electrons. The van der Waals surface area contributed by atoms with Crippen LogP contribution in [0.15, 0.2) is 16.5 Å². The van der Waals surface area contributed by atoms with Gasteiger partial charge in [0.25, 0.3) is 6.02 Å². The first kappa shape index (κ1) is 17.4. The van der Waals surface area contributed by atoms with Crippen LogP contribution in [0.4, 0.5) is 4.39 Å². The molecule has 21 heavy (non-hydrogen) atoms. The second-order valence-corrected chi connectivity index (χ2v) is 5.33. The molecule has 0 aromatic heterocycles. The van der Waals surface area contributed by atoms with Crippen molar-refractivity contribution in [1.29, 1.82) is 5.26 Å². The number of nitriles is 1. The fourth-order valence-electron chi connectivity index (χ4n) is 1.96. The summed E-state index contributed by atoms with van der Waals surface area (Å²) in [5.74, 6) is -0.236. The Kier molecular flexibility index (Phi) is 6.63. The first-order valence-electron chi connectivity index (χ1n) is 7.23. The topological polar surface area (TPSA) is 57.9 Å². The van der Waals surface area contributed by atoms with E-state index in [0.29, 0.717) is 44.2 Å². The smallest absolute Gasteiger partial charge is 0.291 e. The van der Waals surface area contributed by atoms with E-state index in [0.717, 1.165) is 0 Å². The van der Waals surface area contributed by atoms with E-state index in [1.807, 2.05) is 6.92 Å². The molecular weight excluding hydrogens is 273 g/mol. The molecule has 0 amide bonds. The number of halogens is 1. The molecule has 0 saturated carbocycles. The molecule has 1 aliphatic heterocycles. The lowest BCUT2D eigenvalue weighted by Crippen LogP contribution is -2.32. The molecular formula is C15H24FN3O2. The van der Waals surface area contributed by atoms with E-state index in [1.165, 1.54) is 0 Å². The van der Waals surface area contributed by atoms with Crippen LogP contribution in [-0.4, -0.2) is 44.8 Å². The molecule has 1 unspecified atom stereocenters. The minimum Gasteiger partial charge on any atom is -0.463 e. The summed E-state index contributed by atoms with van der Waals surface area (Å²) in [6, 6.07) is 2.58. The van der Waals surface area contributed by atoms with E-state index in [-0.39, 0.29) is 12.4 Å². The van der Waals surface area contributed by atoms with E-state index in [1.54, 1.807) is 25.9 Å². The van der Waals surface area contributed by atoms with Gasteiger partial charge in [0, 0.05) is 20.7 Å². The van der Waals surface area contributed by atoms with Crippen molar-refractivity contribution in [2.75, 3.05) is 33.9 Å². The van der Waals surface area contributed by atoms with Crippen LogP contribution in [0.25, 0.3) is 0 Å². The van der Waals surface area contributed by atoms with Crippen LogP contribution >= 0.6 is 0 Å². The van der Waals surface area contributed by atoms with Crippen molar-refractivity contribution in [1.82, 2.24) is 4.90 Å². The fraction of sp³-hybridized carbons (Fsp3) is 0.733. The van der Waals surface area contributed by atoms with E-state index in [4.69, 9.17) is 9.47 Å². The van der Waals surface area contributed by atoms with Gasteiger partial charge >= 0.3 is 0 Å². The van der Waals surface area contributed by atoms with Gasteiger partial charge in [0.2, 0.25) is 0 Å². The van der Waals surface area contributed by atoms with Crippen LogP contribution in [0.3, 0.4) is 0 Å². The molecule has 1 fully saturated rings. The Hall–Kier alpha value is -1.61. The standard InChI is InChI=1S/C15H24FN3O2/c1-5-12(16)13(6-2)18-14(19(3)4)21-11-15(9-17)7-8-20-10-15/h5-8,10-11H2,1-4H3/b13-12-,18-14+. The number of allylic oxidation sites excluding steroid dienone is 2. The van der Waals surface area contributed by atoms with Crippen molar-refractivity contribution >= 4 is 6.02 Å². The van der Waals surface area contributed by atoms with Gasteiger partial charge in [-0.1, -0.05) is 13.8 Å². The van der Waals surface area contributed by atoms with Crippen molar-refractivity contribution in [3.05, 3.63) is 11.5 Å². The summed E-state index contributed by atoms with van der Waals surface area (Å²) in [6.45, 7) is 4.73. The summed E-state index contributed by atoms with van der Waals surface area (Å²) < 4.78 is 24.7. The van der Waals surface area contributed by atoms with Gasteiger partial charge in [0.15, 0.2) is 0 Å². The monoisotopic (exact) mass is 297 g/mol. The zero-order chi connectivity index (χ0) is 15.9. The van der Waals surface area contributed by atoms with E-state index in [2.05, 4.69) is 11.1 Å². The Bertz CT molecular complexity index is 446. The summed E-state index contributed by atoms with van der Waals surface area (Å²) in [4.78, 5) is 5.95. The number of aliphatic imine (C=N–C) groups is 1. The zero-order valence-electron chi connectivity index (χ0n) is 13.3. The highest BCUT2D eigenvalue weighted by Crippen LogP contribution is 2.28. The number of ether oxygens (including phenoxy) is 2. The molecule has 1 rings (SSSR count). The predicted octanol–water partition coefficient (Wildman–Crippen LogP) is 2.85. The third-order valence-corrected chi connectivity index (χ3v) is 3.39. The van der Waals surface area contributed by atoms with Crippen molar-refractivity contribution < 1.29 is 13.9 Å². The minimum atomic E-state index is -0.629. The van der Waals surface area contributed by atoms with Crippen LogP contribution in [0.1, 0.15) is 33.1 Å². The lowest BCUT2D eigenvalue weighted by molar-refractivity contribution is 0.125. The summed E-state index contributed by atoms with van der Waals surface area (Å²) in [5, 5.41) is 9.29. The molecule has 5 nitrogen and oxygen atoms in total. The van der Waals surface area contributed by atoms with Gasteiger partial charge in [-0.05, 0) is 19.3 Å². The molecule has 0 aromatic rings.